The number of hydrogen-bond acceptors (Lipinski definition) is 3. The number of hydrogen-bond donors (Lipinski definition) is 2. The molecule has 0 aliphatic heterocycles. The van der Waals surface area contributed by atoms with E-state index in [9.17, 15) is 14.0 Å². The maximum absolute atomic E-state index is 13.1. The zero-order valence-electron chi connectivity index (χ0n) is 15.1. The Morgan fingerprint density at radius 3 is 2.50 bits per heavy atom. The number of halogens is 1. The molecule has 0 spiro atoms. The van der Waals surface area contributed by atoms with Crippen molar-refractivity contribution in [3.05, 3.63) is 65.5 Å². The molecule has 138 valence electrons. The van der Waals surface area contributed by atoms with Crippen LogP contribution in [0.3, 0.4) is 0 Å². The molecule has 2 aromatic carbocycles. The maximum atomic E-state index is 13.1. The molecular formula is C20H24FN3O2. The number of carbonyl (C=O) groups is 2. The van der Waals surface area contributed by atoms with Crippen LogP contribution in [0.2, 0.25) is 0 Å². The molecule has 0 bridgehead atoms. The van der Waals surface area contributed by atoms with E-state index >= 15 is 0 Å². The first-order valence-electron chi connectivity index (χ1n) is 8.64. The van der Waals surface area contributed by atoms with Crippen molar-refractivity contribution in [1.82, 2.24) is 10.2 Å². The molecule has 0 radical (unpaired) electrons. The molecule has 26 heavy (non-hydrogen) atoms. The summed E-state index contributed by atoms with van der Waals surface area (Å²) in [6.45, 7) is 3.59. The quantitative estimate of drug-likeness (QED) is 0.714. The summed E-state index contributed by atoms with van der Waals surface area (Å²) in [5, 5.41) is 5.93. The number of rotatable bonds is 8. The molecule has 6 heteroatoms. The molecule has 2 aromatic rings. The van der Waals surface area contributed by atoms with Crippen LogP contribution in [-0.4, -0.2) is 43.4 Å². The normalized spacial score (nSPS) is 10.3. The molecule has 0 heterocycles. The van der Waals surface area contributed by atoms with Crippen molar-refractivity contribution in [1.29, 1.82) is 0 Å². The number of benzene rings is 2. The minimum absolute atomic E-state index is 0.110. The maximum Gasteiger partial charge on any atom is 0.253 e. The predicted molar refractivity (Wildman–Crippen MR) is 101 cm³/mol. The van der Waals surface area contributed by atoms with E-state index in [-0.39, 0.29) is 17.6 Å². The van der Waals surface area contributed by atoms with Gasteiger partial charge in [-0.15, -0.1) is 0 Å². The second-order valence-electron chi connectivity index (χ2n) is 5.95. The third-order valence-corrected chi connectivity index (χ3v) is 3.99. The fourth-order valence-corrected chi connectivity index (χ4v) is 2.38. The molecule has 0 aliphatic rings. The van der Waals surface area contributed by atoms with Crippen LogP contribution in [0, 0.1) is 5.82 Å². The third kappa shape index (κ3) is 5.58. The third-order valence-electron chi connectivity index (χ3n) is 3.99. The summed E-state index contributed by atoms with van der Waals surface area (Å²) in [5.41, 5.74) is 1.66. The van der Waals surface area contributed by atoms with Crippen LogP contribution in [0.4, 0.5) is 10.1 Å². The van der Waals surface area contributed by atoms with Gasteiger partial charge in [-0.1, -0.05) is 12.1 Å². The zero-order chi connectivity index (χ0) is 18.9. The van der Waals surface area contributed by atoms with Crippen LogP contribution in [0.15, 0.2) is 48.5 Å². The summed E-state index contributed by atoms with van der Waals surface area (Å²) in [6, 6.07) is 12.9. The van der Waals surface area contributed by atoms with Crippen molar-refractivity contribution in [2.75, 3.05) is 32.0 Å². The summed E-state index contributed by atoms with van der Waals surface area (Å²) in [6.07, 6.45) is 0.694. The van der Waals surface area contributed by atoms with Gasteiger partial charge in [-0.2, -0.15) is 0 Å². The average Bonchev–Trinajstić information content (AvgIpc) is 2.66. The van der Waals surface area contributed by atoms with Crippen molar-refractivity contribution >= 4 is 17.5 Å². The number of nitrogens with one attached hydrogen (secondary N) is 2. The van der Waals surface area contributed by atoms with E-state index in [4.69, 9.17) is 0 Å². The van der Waals surface area contributed by atoms with Crippen molar-refractivity contribution in [3.63, 3.8) is 0 Å². The molecule has 2 rings (SSSR count). The Hall–Kier alpha value is -2.89. The molecule has 0 unspecified atom stereocenters. The Balaban J connectivity index is 1.80. The lowest BCUT2D eigenvalue weighted by atomic mass is 10.1. The molecular weight excluding hydrogens is 333 g/mol. The van der Waals surface area contributed by atoms with Crippen molar-refractivity contribution in [2.45, 2.75) is 13.3 Å². The van der Waals surface area contributed by atoms with E-state index in [0.717, 1.165) is 0 Å². The largest absolute Gasteiger partial charge is 0.385 e. The summed E-state index contributed by atoms with van der Waals surface area (Å²) in [7, 11) is 1.72. The van der Waals surface area contributed by atoms with Gasteiger partial charge >= 0.3 is 0 Å². The SMILES string of the molecule is CCN(C)C(=O)c1cccc(C(=O)NCCCNc2cccc(F)c2)c1. The number of nitrogens with zero attached hydrogens (tertiary/aromatic N) is 1. The Morgan fingerprint density at radius 1 is 1.04 bits per heavy atom. The number of anilines is 1. The van der Waals surface area contributed by atoms with E-state index in [1.54, 1.807) is 48.3 Å². The molecule has 5 nitrogen and oxygen atoms in total. The van der Waals surface area contributed by atoms with Gasteiger partial charge in [0.1, 0.15) is 5.82 Å². The van der Waals surface area contributed by atoms with Crippen LogP contribution >= 0.6 is 0 Å². The lowest BCUT2D eigenvalue weighted by molar-refractivity contribution is 0.0802. The van der Waals surface area contributed by atoms with Gasteiger partial charge in [0.25, 0.3) is 11.8 Å². The van der Waals surface area contributed by atoms with Crippen LogP contribution in [-0.2, 0) is 0 Å². The van der Waals surface area contributed by atoms with E-state index in [1.165, 1.54) is 12.1 Å². The minimum atomic E-state index is -0.286. The molecule has 0 aliphatic carbocycles. The fourth-order valence-electron chi connectivity index (χ4n) is 2.38. The molecule has 2 N–H and O–H groups in total. The topological polar surface area (TPSA) is 61.4 Å². The second-order valence-corrected chi connectivity index (χ2v) is 5.95. The highest BCUT2D eigenvalue weighted by atomic mass is 19.1. The smallest absolute Gasteiger partial charge is 0.253 e. The van der Waals surface area contributed by atoms with Gasteiger partial charge in [-0.05, 0) is 49.7 Å². The van der Waals surface area contributed by atoms with Gasteiger partial charge in [-0.3, -0.25) is 9.59 Å². The van der Waals surface area contributed by atoms with Gasteiger partial charge in [0.05, 0.1) is 0 Å². The Labute approximate surface area is 153 Å². The average molecular weight is 357 g/mol. The number of carbonyl (C=O) groups excluding carboxylic acids is 2. The van der Waals surface area contributed by atoms with E-state index in [0.29, 0.717) is 42.9 Å². The van der Waals surface area contributed by atoms with Gasteiger partial charge in [-0.25, -0.2) is 4.39 Å². The van der Waals surface area contributed by atoms with E-state index < -0.39 is 0 Å². The predicted octanol–water partition coefficient (Wildman–Crippen LogP) is 3.15. The van der Waals surface area contributed by atoms with Crippen LogP contribution < -0.4 is 10.6 Å². The van der Waals surface area contributed by atoms with Crippen LogP contribution in [0.1, 0.15) is 34.1 Å². The van der Waals surface area contributed by atoms with Crippen molar-refractivity contribution in [3.8, 4) is 0 Å². The highest BCUT2D eigenvalue weighted by molar-refractivity contribution is 5.99. The first-order valence-corrected chi connectivity index (χ1v) is 8.64. The monoisotopic (exact) mass is 357 g/mol. The summed E-state index contributed by atoms with van der Waals surface area (Å²) in [5.74, 6) is -0.613. The van der Waals surface area contributed by atoms with Gasteiger partial charge in [0.2, 0.25) is 0 Å². The fraction of sp³-hybridized carbons (Fsp3) is 0.300. The van der Waals surface area contributed by atoms with E-state index in [2.05, 4.69) is 10.6 Å². The summed E-state index contributed by atoms with van der Waals surface area (Å²) >= 11 is 0. The Bertz CT molecular complexity index is 764. The molecule has 0 atom stereocenters. The van der Waals surface area contributed by atoms with Crippen LogP contribution in [0.25, 0.3) is 0 Å². The summed E-state index contributed by atoms with van der Waals surface area (Å²) in [4.78, 5) is 26.0. The van der Waals surface area contributed by atoms with Gasteiger partial charge < -0.3 is 15.5 Å². The van der Waals surface area contributed by atoms with E-state index in [1.807, 2.05) is 6.92 Å². The highest BCUT2D eigenvalue weighted by Gasteiger charge is 2.12. The molecule has 0 fully saturated rings. The molecule has 0 saturated heterocycles. The highest BCUT2D eigenvalue weighted by Crippen LogP contribution is 2.09. The van der Waals surface area contributed by atoms with Crippen LogP contribution in [0.5, 0.6) is 0 Å². The van der Waals surface area contributed by atoms with Gasteiger partial charge in [0.15, 0.2) is 0 Å². The molecule has 0 aromatic heterocycles. The Kier molecular flexibility index (Phi) is 7.14. The minimum Gasteiger partial charge on any atom is -0.385 e. The first-order chi connectivity index (χ1) is 12.5. The Morgan fingerprint density at radius 2 is 1.77 bits per heavy atom. The van der Waals surface area contributed by atoms with Gasteiger partial charge in [0, 0.05) is 43.5 Å². The van der Waals surface area contributed by atoms with Crippen molar-refractivity contribution in [2.24, 2.45) is 0 Å². The standard InChI is InChI=1S/C20H24FN3O2/c1-3-24(2)20(26)16-8-4-7-15(13-16)19(25)23-12-6-11-22-18-10-5-9-17(21)14-18/h4-5,7-10,13-14,22H,3,6,11-12H2,1-2H3,(H,23,25). The molecule has 2 amide bonds. The lowest BCUT2D eigenvalue weighted by Crippen LogP contribution is -2.28. The second kappa shape index (κ2) is 9.56. The lowest BCUT2D eigenvalue weighted by Gasteiger charge is -2.15. The first kappa shape index (κ1) is 19.4. The number of amides is 2. The zero-order valence-corrected chi connectivity index (χ0v) is 15.1. The summed E-state index contributed by atoms with van der Waals surface area (Å²) < 4.78 is 13.1. The van der Waals surface area contributed by atoms with Crippen molar-refractivity contribution < 1.29 is 14.0 Å². The molecule has 0 saturated carbocycles.